The number of aromatic nitrogens is 3. The SMILES string of the molecule is S=c1n(CN2CCCCC2)nc(Cc2ccccc2Nc2c(Cl)cccc2Cl)n1/N=C/c1ccccc1. The molecule has 0 spiro atoms. The van der Waals surface area contributed by atoms with Crippen LogP contribution in [0, 0.1) is 4.77 Å². The maximum Gasteiger partial charge on any atom is 0.220 e. The molecule has 37 heavy (non-hydrogen) atoms. The first-order valence-corrected chi connectivity index (χ1v) is 13.5. The van der Waals surface area contributed by atoms with Crippen LogP contribution in [0.2, 0.25) is 10.0 Å². The van der Waals surface area contributed by atoms with Crippen molar-refractivity contribution < 1.29 is 0 Å². The van der Waals surface area contributed by atoms with E-state index in [1.807, 2.05) is 77.6 Å². The molecular weight excluding hydrogens is 523 g/mol. The van der Waals surface area contributed by atoms with Crippen molar-refractivity contribution in [1.29, 1.82) is 0 Å². The zero-order chi connectivity index (χ0) is 25.6. The minimum Gasteiger partial charge on any atom is -0.353 e. The first-order valence-electron chi connectivity index (χ1n) is 12.4. The number of likely N-dealkylation sites (tertiary alicyclic amines) is 1. The molecule has 9 heteroatoms. The van der Waals surface area contributed by atoms with Crippen molar-refractivity contribution in [3.05, 3.63) is 105 Å². The highest BCUT2D eigenvalue weighted by molar-refractivity contribution is 7.71. The van der Waals surface area contributed by atoms with Crippen LogP contribution in [0.5, 0.6) is 0 Å². The molecule has 1 aromatic heterocycles. The molecule has 0 aliphatic carbocycles. The number of nitrogens with zero attached hydrogens (tertiary/aromatic N) is 5. The van der Waals surface area contributed by atoms with Gasteiger partial charge >= 0.3 is 0 Å². The van der Waals surface area contributed by atoms with Crippen LogP contribution < -0.4 is 5.32 Å². The first-order chi connectivity index (χ1) is 18.1. The smallest absolute Gasteiger partial charge is 0.220 e. The van der Waals surface area contributed by atoms with Crippen molar-refractivity contribution in [2.45, 2.75) is 32.4 Å². The van der Waals surface area contributed by atoms with E-state index in [1.54, 1.807) is 4.68 Å². The lowest BCUT2D eigenvalue weighted by molar-refractivity contribution is 0.172. The van der Waals surface area contributed by atoms with Gasteiger partial charge in [0.05, 0.1) is 28.6 Å². The number of halogens is 2. The molecule has 1 saturated heterocycles. The van der Waals surface area contributed by atoms with Crippen molar-refractivity contribution in [2.75, 3.05) is 18.4 Å². The Morgan fingerprint density at radius 1 is 0.892 bits per heavy atom. The summed E-state index contributed by atoms with van der Waals surface area (Å²) in [6.45, 7) is 2.78. The zero-order valence-corrected chi connectivity index (χ0v) is 22.7. The molecule has 4 aromatic rings. The quantitative estimate of drug-likeness (QED) is 0.183. The summed E-state index contributed by atoms with van der Waals surface area (Å²) in [5.74, 6) is 0.758. The van der Waals surface area contributed by atoms with E-state index >= 15 is 0 Å². The molecule has 0 bridgehead atoms. The number of nitrogens with one attached hydrogen (secondary N) is 1. The second-order valence-corrected chi connectivity index (χ2v) is 10.2. The van der Waals surface area contributed by atoms with Crippen LogP contribution in [0.25, 0.3) is 0 Å². The topological polar surface area (TPSA) is 50.4 Å². The van der Waals surface area contributed by atoms with Gasteiger partial charge < -0.3 is 5.32 Å². The van der Waals surface area contributed by atoms with Crippen molar-refractivity contribution >= 4 is 53.0 Å². The van der Waals surface area contributed by atoms with Gasteiger partial charge in [-0.1, -0.05) is 84.2 Å². The van der Waals surface area contributed by atoms with Gasteiger partial charge in [-0.2, -0.15) is 14.9 Å². The van der Waals surface area contributed by atoms with E-state index in [0.29, 0.717) is 33.6 Å². The van der Waals surface area contributed by atoms with Crippen molar-refractivity contribution in [3.63, 3.8) is 0 Å². The molecule has 0 atom stereocenters. The van der Waals surface area contributed by atoms with E-state index in [9.17, 15) is 0 Å². The Labute approximate surface area is 232 Å². The molecular formula is C28H28Cl2N6S. The highest BCUT2D eigenvalue weighted by Crippen LogP contribution is 2.34. The molecule has 1 N–H and O–H groups in total. The fourth-order valence-corrected chi connectivity index (χ4v) is 5.18. The molecule has 0 radical (unpaired) electrons. The summed E-state index contributed by atoms with van der Waals surface area (Å²) in [7, 11) is 0. The first kappa shape index (κ1) is 25.7. The molecule has 0 saturated carbocycles. The maximum absolute atomic E-state index is 6.43. The third-order valence-electron chi connectivity index (χ3n) is 6.38. The lowest BCUT2D eigenvalue weighted by atomic mass is 10.1. The third kappa shape index (κ3) is 6.30. The standard InChI is InChI=1S/C28H28Cl2N6S/c29-23-13-9-14-24(30)27(23)32-25-15-6-5-12-22(25)18-26-33-35(20-34-16-7-2-8-17-34)28(37)36(26)31-19-21-10-3-1-4-11-21/h1,3-6,9-15,19,32H,2,7-8,16-18,20H2/b31-19+. The number of rotatable bonds is 8. The second-order valence-electron chi connectivity index (χ2n) is 9.04. The van der Waals surface area contributed by atoms with Crippen LogP contribution in [0.4, 0.5) is 11.4 Å². The summed E-state index contributed by atoms with van der Waals surface area (Å²) < 4.78 is 4.23. The molecule has 3 aromatic carbocycles. The normalized spacial score (nSPS) is 14.3. The van der Waals surface area contributed by atoms with Crippen molar-refractivity contribution in [2.24, 2.45) is 5.10 Å². The summed E-state index contributed by atoms with van der Waals surface area (Å²) >= 11 is 18.7. The van der Waals surface area contributed by atoms with Crippen LogP contribution in [-0.2, 0) is 13.1 Å². The average molecular weight is 552 g/mol. The Morgan fingerprint density at radius 2 is 1.59 bits per heavy atom. The van der Waals surface area contributed by atoms with Gasteiger partial charge in [0.15, 0.2) is 5.82 Å². The van der Waals surface area contributed by atoms with Gasteiger partial charge in [-0.25, -0.2) is 4.68 Å². The Morgan fingerprint density at radius 3 is 2.35 bits per heavy atom. The second kappa shape index (κ2) is 12.0. The average Bonchev–Trinajstić information content (AvgIpc) is 3.20. The number of benzene rings is 3. The third-order valence-corrected chi connectivity index (χ3v) is 7.39. The largest absolute Gasteiger partial charge is 0.353 e. The maximum atomic E-state index is 6.43. The van der Waals surface area contributed by atoms with Crippen LogP contribution >= 0.6 is 35.4 Å². The summed E-state index contributed by atoms with van der Waals surface area (Å²) in [5, 5.41) is 14.2. The van der Waals surface area contributed by atoms with E-state index in [0.717, 1.165) is 35.7 Å². The molecule has 1 fully saturated rings. The number of piperidine rings is 1. The van der Waals surface area contributed by atoms with Gasteiger partial charge in [-0.05, 0) is 67.5 Å². The molecule has 0 unspecified atom stereocenters. The predicted molar refractivity (Wildman–Crippen MR) is 155 cm³/mol. The van der Waals surface area contributed by atoms with Gasteiger partial charge in [-0.3, -0.25) is 4.90 Å². The fourth-order valence-electron chi connectivity index (χ4n) is 4.44. The molecule has 190 valence electrons. The monoisotopic (exact) mass is 550 g/mol. The van der Waals surface area contributed by atoms with Crippen molar-refractivity contribution in [3.8, 4) is 0 Å². The summed E-state index contributed by atoms with van der Waals surface area (Å²) in [5.41, 5.74) is 3.59. The van der Waals surface area contributed by atoms with E-state index in [2.05, 4.69) is 16.3 Å². The molecule has 2 heterocycles. The predicted octanol–water partition coefficient (Wildman–Crippen LogP) is 7.38. The number of para-hydroxylation sites is 2. The minimum atomic E-state index is 0.522. The summed E-state index contributed by atoms with van der Waals surface area (Å²) in [6, 6.07) is 23.5. The Bertz CT molecular complexity index is 1420. The minimum absolute atomic E-state index is 0.522. The highest BCUT2D eigenvalue weighted by Gasteiger charge is 2.17. The van der Waals surface area contributed by atoms with Gasteiger partial charge in [0.1, 0.15) is 0 Å². The van der Waals surface area contributed by atoms with E-state index in [4.69, 9.17) is 45.6 Å². The van der Waals surface area contributed by atoms with E-state index in [-0.39, 0.29) is 0 Å². The van der Waals surface area contributed by atoms with Crippen LogP contribution in [-0.4, -0.2) is 38.7 Å². The van der Waals surface area contributed by atoms with E-state index < -0.39 is 0 Å². The molecule has 0 amide bonds. The molecule has 1 aliphatic rings. The molecule has 5 rings (SSSR count). The molecule has 6 nitrogen and oxygen atoms in total. The number of anilines is 2. The Kier molecular flexibility index (Phi) is 8.36. The van der Waals surface area contributed by atoms with Crippen LogP contribution in [0.15, 0.2) is 77.9 Å². The van der Waals surface area contributed by atoms with E-state index in [1.165, 1.54) is 19.3 Å². The lowest BCUT2D eigenvalue weighted by Crippen LogP contribution is -2.32. The Balaban J connectivity index is 1.49. The molecule has 1 aliphatic heterocycles. The lowest BCUT2D eigenvalue weighted by Gasteiger charge is -2.25. The number of hydrogen-bond donors (Lipinski definition) is 1. The van der Waals surface area contributed by atoms with Gasteiger partial charge in [0.2, 0.25) is 4.77 Å². The fraction of sp³-hybridized carbons (Fsp3) is 0.250. The van der Waals surface area contributed by atoms with Crippen LogP contribution in [0.1, 0.15) is 36.2 Å². The Hall–Kier alpha value is -2.97. The highest BCUT2D eigenvalue weighted by atomic mass is 35.5. The zero-order valence-electron chi connectivity index (χ0n) is 20.4. The van der Waals surface area contributed by atoms with Gasteiger partial charge in [0.25, 0.3) is 0 Å². The van der Waals surface area contributed by atoms with Crippen LogP contribution in [0.3, 0.4) is 0 Å². The number of hydrogen-bond acceptors (Lipinski definition) is 5. The van der Waals surface area contributed by atoms with Gasteiger partial charge in [-0.15, -0.1) is 0 Å². The van der Waals surface area contributed by atoms with Gasteiger partial charge in [0, 0.05) is 12.1 Å². The van der Waals surface area contributed by atoms with Crippen molar-refractivity contribution in [1.82, 2.24) is 19.4 Å². The summed E-state index contributed by atoms with van der Waals surface area (Å²) in [6.07, 6.45) is 6.03. The summed E-state index contributed by atoms with van der Waals surface area (Å²) in [4.78, 5) is 2.40.